The van der Waals surface area contributed by atoms with E-state index in [1.165, 1.54) is 183 Å². The van der Waals surface area contributed by atoms with E-state index in [1.807, 2.05) is 12.1 Å². The van der Waals surface area contributed by atoms with E-state index >= 15 is 0 Å². The first kappa shape index (κ1) is 95.5. The van der Waals surface area contributed by atoms with E-state index in [9.17, 15) is 0 Å². The summed E-state index contributed by atoms with van der Waals surface area (Å²) in [4.78, 5) is 3.29. The van der Waals surface area contributed by atoms with Crippen LogP contribution in [0.2, 0.25) is 0 Å². The molecule has 0 atom stereocenters. The van der Waals surface area contributed by atoms with Crippen LogP contribution < -0.4 is 10.6 Å². The Bertz CT molecular complexity index is 4500. The predicted octanol–water partition coefficient (Wildman–Crippen LogP) is 31.8. The number of aryl methyl sites for hydroxylation is 3. The van der Waals surface area contributed by atoms with E-state index in [4.69, 9.17) is 5.11 Å². The van der Waals surface area contributed by atoms with Crippen molar-refractivity contribution in [2.75, 3.05) is 6.67 Å². The fourth-order valence-electron chi connectivity index (χ4n) is 14.6. The SMILES string of the molecule is CC(C)CC1=CNCN1.CC(C)CC1CCCCC1.CC(C)CCc1ccc(-c2ccccc2)cc1.CC(C)CCc1ccc(O)cc1.CC(C)CCc1ccccc1.CC(C)Cc1c[nH]c2ccccc12.CC(C)Cc1ccc(-c2ccccc2)cc1.CC(C)Cc1ccc2ccccc2c1.CC(C)Cc1cccc2ccccc12. The molecule has 1 fully saturated rings. The number of aromatic amines is 1. The van der Waals surface area contributed by atoms with E-state index in [0.717, 1.165) is 91.5 Å². The lowest BCUT2D eigenvalue weighted by molar-refractivity contribution is 0.305. The quantitative estimate of drug-likeness (QED) is 0.0516. The van der Waals surface area contributed by atoms with Gasteiger partial charge >= 0.3 is 0 Å². The highest BCUT2D eigenvalue weighted by atomic mass is 16.3. The fraction of sp³-hybridized carbons (Fsp3) is 0.411. The van der Waals surface area contributed by atoms with Gasteiger partial charge < -0.3 is 20.7 Å². The Balaban J connectivity index is 0.000000204. The molecule has 12 aromatic rings. The highest BCUT2D eigenvalue weighted by molar-refractivity contribution is 5.86. The third kappa shape index (κ3) is 40.0. The van der Waals surface area contributed by atoms with Crippen LogP contribution >= 0.6 is 0 Å². The van der Waals surface area contributed by atoms with Crippen LogP contribution in [0, 0.1) is 59.2 Å². The third-order valence-corrected chi connectivity index (χ3v) is 20.7. The van der Waals surface area contributed by atoms with Gasteiger partial charge in [-0.25, -0.2) is 0 Å². The topological polar surface area (TPSA) is 60.1 Å². The summed E-state index contributed by atoms with van der Waals surface area (Å²) in [6.07, 6.45) is 26.3. The van der Waals surface area contributed by atoms with Crippen LogP contribution in [0.25, 0.3) is 54.7 Å². The van der Waals surface area contributed by atoms with E-state index in [2.05, 4.69) is 401 Å². The van der Waals surface area contributed by atoms with Crippen LogP contribution in [0.1, 0.15) is 228 Å². The minimum Gasteiger partial charge on any atom is -0.508 e. The lowest BCUT2D eigenvalue weighted by atomic mass is 9.84. The fourth-order valence-corrected chi connectivity index (χ4v) is 14.6. The summed E-state index contributed by atoms with van der Waals surface area (Å²) >= 11 is 0. The minimum atomic E-state index is 0.350. The Labute approximate surface area is 706 Å². The van der Waals surface area contributed by atoms with Gasteiger partial charge in [0.15, 0.2) is 0 Å². The number of nitrogens with one attached hydrogen (secondary N) is 3. The van der Waals surface area contributed by atoms with Gasteiger partial charge in [0.2, 0.25) is 0 Å². The van der Waals surface area contributed by atoms with Gasteiger partial charge in [-0.05, 0) is 237 Å². The van der Waals surface area contributed by atoms with Crippen molar-refractivity contribution in [2.45, 2.75) is 234 Å². The van der Waals surface area contributed by atoms with Crippen molar-refractivity contribution in [3.8, 4) is 28.0 Å². The molecule has 0 radical (unpaired) electrons. The molecule has 0 saturated heterocycles. The number of fused-ring (bicyclic) bond motifs is 3. The molecule has 11 aromatic carbocycles. The maximum atomic E-state index is 9.03. The number of H-pyrrole nitrogens is 1. The van der Waals surface area contributed by atoms with Crippen molar-refractivity contribution in [1.82, 2.24) is 15.6 Å². The van der Waals surface area contributed by atoms with E-state index < -0.39 is 0 Å². The van der Waals surface area contributed by atoms with Crippen LogP contribution in [0.4, 0.5) is 0 Å². The first-order chi connectivity index (χ1) is 55.8. The van der Waals surface area contributed by atoms with Gasteiger partial charge in [0, 0.05) is 29.0 Å². The number of aromatic hydroxyl groups is 1. The number of rotatable bonds is 23. The number of benzene rings is 11. The molecule has 2 aliphatic rings. The molecule has 0 spiro atoms. The average molecular weight is 1560 g/mol. The normalized spacial score (nSPS) is 12.3. The molecule has 0 amide bonds. The summed E-state index contributed by atoms with van der Waals surface area (Å²) in [5, 5.41) is 22.2. The molecule has 1 saturated carbocycles. The summed E-state index contributed by atoms with van der Waals surface area (Å²) in [6.45, 7) is 41.6. The summed E-state index contributed by atoms with van der Waals surface area (Å²) in [7, 11) is 0. The van der Waals surface area contributed by atoms with Crippen LogP contribution in [-0.2, 0) is 44.9 Å². The van der Waals surface area contributed by atoms with Crippen molar-refractivity contribution in [1.29, 1.82) is 0 Å². The number of allylic oxidation sites excluding steroid dienone is 1. The van der Waals surface area contributed by atoms with Crippen LogP contribution in [0.5, 0.6) is 5.75 Å². The highest BCUT2D eigenvalue weighted by Crippen LogP contribution is 2.30. The van der Waals surface area contributed by atoms with Crippen molar-refractivity contribution in [3.05, 3.63) is 330 Å². The molecule has 1 aliphatic carbocycles. The number of hydrogen-bond donors (Lipinski definition) is 4. The number of hydrogen-bond acceptors (Lipinski definition) is 3. The molecule has 0 unspecified atom stereocenters. The maximum absolute atomic E-state index is 9.03. The van der Waals surface area contributed by atoms with Crippen LogP contribution in [-0.4, -0.2) is 16.8 Å². The second-order valence-corrected chi connectivity index (χ2v) is 36.1. The predicted molar refractivity (Wildman–Crippen MR) is 513 cm³/mol. The summed E-state index contributed by atoms with van der Waals surface area (Å²) < 4.78 is 0. The molecular weight excluding hydrogens is 1400 g/mol. The molecule has 4 heteroatoms. The molecule has 0 bridgehead atoms. The number of para-hydroxylation sites is 1. The molecule has 2 heterocycles. The molecule has 1 aromatic heterocycles. The Hall–Kier alpha value is -9.38. The molecule has 1 aliphatic heterocycles. The van der Waals surface area contributed by atoms with Gasteiger partial charge in [-0.3, -0.25) is 0 Å². The Morgan fingerprint density at radius 1 is 0.310 bits per heavy atom. The first-order valence-corrected chi connectivity index (χ1v) is 44.6. The third-order valence-electron chi connectivity index (χ3n) is 20.7. The van der Waals surface area contributed by atoms with Gasteiger partial charge in [0.1, 0.15) is 5.75 Å². The Morgan fingerprint density at radius 3 is 1.21 bits per heavy atom. The standard InChI is InChI=1S/C17H20.C16H18.2C14H16.C12H15N.C11H16O.C11H16.C10H20.C7H14N2/c1-14(2)8-9-15-10-12-17(13-11-15)16-6-4-3-5-7-16;1-13(2)12-14-8-10-16(11-9-14)15-6-4-3-5-7-15;1-11(2)10-13-8-5-7-12-6-3-4-9-14(12)13;1-11(2)9-12-7-8-13-5-3-4-6-14(13)10-12;1-9(2)7-10-8-13-12-6-4-3-5-11(10)12;1-9(2)3-4-10-5-7-11(12)8-6-10;1-10(2)8-9-11-6-4-3-5-7-11;1-9(2)8-10-6-4-3-5-7-10;1-6(2)3-7-4-8-5-9-7/h3-7,10-14H,8-9H2,1-2H3;3-11,13H,12H2,1-2H3;3-9,11H,10H2,1-2H3;3-8,10-11H,9H2,1-2H3;3-6,8-9,13H,7H2,1-2H3;5-9,12H,3-4H2,1-2H3;3-7,10H,8-9H2,1-2H3;9-10H,3-8H2,1-2H3;4,6,8-9H,3,5H2,1-2H3. The first-order valence-electron chi connectivity index (χ1n) is 44.6. The van der Waals surface area contributed by atoms with E-state index in [1.54, 1.807) is 12.1 Å². The lowest BCUT2D eigenvalue weighted by Crippen LogP contribution is -2.14. The second-order valence-electron chi connectivity index (χ2n) is 36.1. The summed E-state index contributed by atoms with van der Waals surface area (Å²) in [5.74, 6) is 8.35. The largest absolute Gasteiger partial charge is 0.508 e. The van der Waals surface area contributed by atoms with E-state index in [-0.39, 0.29) is 0 Å². The maximum Gasteiger partial charge on any atom is 0.115 e. The van der Waals surface area contributed by atoms with Gasteiger partial charge in [-0.2, -0.15) is 0 Å². The minimum absolute atomic E-state index is 0.350. The molecule has 116 heavy (non-hydrogen) atoms. The average Bonchev–Trinajstić information content (AvgIpc) is 1.76. The smallest absolute Gasteiger partial charge is 0.115 e. The van der Waals surface area contributed by atoms with Gasteiger partial charge in [-0.15, -0.1) is 0 Å². The Morgan fingerprint density at radius 2 is 0.716 bits per heavy atom. The summed E-state index contributed by atoms with van der Waals surface area (Å²) in [5.41, 5.74) is 17.8. The molecule has 14 rings (SSSR count). The number of aromatic nitrogens is 1. The van der Waals surface area contributed by atoms with Crippen molar-refractivity contribution >= 4 is 32.4 Å². The highest BCUT2D eigenvalue weighted by Gasteiger charge is 2.14. The van der Waals surface area contributed by atoms with Gasteiger partial charge in [0.05, 0.1) is 6.67 Å². The van der Waals surface area contributed by atoms with Gasteiger partial charge in [0.25, 0.3) is 0 Å². The Kier molecular flexibility index (Phi) is 44.9. The number of phenolic OH excluding ortho intramolecular Hbond substituents is 1. The second kappa shape index (κ2) is 54.5. The molecular formula is C112H151N3O. The lowest BCUT2D eigenvalue weighted by Gasteiger charge is -2.22. The number of phenols is 1. The molecule has 620 valence electrons. The zero-order chi connectivity index (χ0) is 83.8. The van der Waals surface area contributed by atoms with E-state index in [0.29, 0.717) is 5.75 Å². The van der Waals surface area contributed by atoms with Gasteiger partial charge in [-0.1, -0.05) is 412 Å². The zero-order valence-corrected chi connectivity index (χ0v) is 75.1. The molecule has 4 nitrogen and oxygen atoms in total. The molecule has 4 N–H and O–H groups in total. The van der Waals surface area contributed by atoms with Crippen molar-refractivity contribution in [3.63, 3.8) is 0 Å². The monoisotopic (exact) mass is 1550 g/mol. The van der Waals surface area contributed by atoms with Crippen LogP contribution in [0.3, 0.4) is 0 Å². The van der Waals surface area contributed by atoms with Crippen molar-refractivity contribution < 1.29 is 5.11 Å². The van der Waals surface area contributed by atoms with Crippen LogP contribution in [0.15, 0.2) is 291 Å². The van der Waals surface area contributed by atoms with Crippen molar-refractivity contribution in [2.24, 2.45) is 59.2 Å². The zero-order valence-electron chi connectivity index (χ0n) is 75.1. The summed E-state index contributed by atoms with van der Waals surface area (Å²) in [6, 6.07) is 96.0.